The minimum absolute atomic E-state index is 0.490. The van der Waals surface area contributed by atoms with E-state index in [1.165, 1.54) is 7.11 Å². The Morgan fingerprint density at radius 1 is 1.05 bits per heavy atom. The summed E-state index contributed by atoms with van der Waals surface area (Å²) in [6.45, 7) is 1.96. The SMILES string of the molecule is COC(=O)Nc1ccc(Nc2ccc(C)c(Cl)c2)cc1. The lowest BCUT2D eigenvalue weighted by molar-refractivity contribution is 0.187. The van der Waals surface area contributed by atoms with Crippen LogP contribution in [0, 0.1) is 6.92 Å². The molecule has 20 heavy (non-hydrogen) atoms. The van der Waals surface area contributed by atoms with Gasteiger partial charge in [0.05, 0.1) is 7.11 Å². The Morgan fingerprint density at radius 3 is 2.25 bits per heavy atom. The van der Waals surface area contributed by atoms with Crippen LogP contribution in [0.1, 0.15) is 5.56 Å². The lowest BCUT2D eigenvalue weighted by atomic mass is 10.2. The van der Waals surface area contributed by atoms with Gasteiger partial charge in [0.2, 0.25) is 0 Å². The van der Waals surface area contributed by atoms with Gasteiger partial charge in [-0.2, -0.15) is 0 Å². The van der Waals surface area contributed by atoms with Crippen molar-refractivity contribution in [2.24, 2.45) is 0 Å². The quantitative estimate of drug-likeness (QED) is 0.870. The average Bonchev–Trinajstić information content (AvgIpc) is 2.45. The van der Waals surface area contributed by atoms with Crippen LogP contribution in [0.5, 0.6) is 0 Å². The van der Waals surface area contributed by atoms with Gasteiger partial charge in [0, 0.05) is 22.1 Å². The van der Waals surface area contributed by atoms with Crippen LogP contribution >= 0.6 is 11.6 Å². The lowest BCUT2D eigenvalue weighted by Gasteiger charge is -2.09. The molecule has 0 aliphatic heterocycles. The van der Waals surface area contributed by atoms with Gasteiger partial charge < -0.3 is 10.1 Å². The Hall–Kier alpha value is -2.20. The third-order valence-electron chi connectivity index (χ3n) is 2.78. The molecule has 0 bridgehead atoms. The van der Waals surface area contributed by atoms with Crippen molar-refractivity contribution in [2.75, 3.05) is 17.7 Å². The molecule has 2 rings (SSSR count). The van der Waals surface area contributed by atoms with Crippen LogP contribution in [0.4, 0.5) is 21.9 Å². The molecule has 2 N–H and O–H groups in total. The molecule has 2 aromatic carbocycles. The summed E-state index contributed by atoms with van der Waals surface area (Å²) in [5.41, 5.74) is 3.52. The van der Waals surface area contributed by atoms with Gasteiger partial charge in [0.25, 0.3) is 0 Å². The van der Waals surface area contributed by atoms with Crippen molar-refractivity contribution < 1.29 is 9.53 Å². The molecule has 0 spiro atoms. The first-order chi connectivity index (χ1) is 9.58. The monoisotopic (exact) mass is 290 g/mol. The Morgan fingerprint density at radius 2 is 1.65 bits per heavy atom. The number of carbonyl (C=O) groups is 1. The number of benzene rings is 2. The Bertz CT molecular complexity index is 612. The number of nitrogens with one attached hydrogen (secondary N) is 2. The van der Waals surface area contributed by atoms with E-state index in [1.807, 2.05) is 37.3 Å². The van der Waals surface area contributed by atoms with Crippen LogP contribution in [0.15, 0.2) is 42.5 Å². The van der Waals surface area contributed by atoms with Crippen LogP contribution in [-0.2, 0) is 4.74 Å². The summed E-state index contributed by atoms with van der Waals surface area (Å²) in [7, 11) is 1.33. The first kappa shape index (κ1) is 14.2. The van der Waals surface area contributed by atoms with Crippen LogP contribution in [-0.4, -0.2) is 13.2 Å². The van der Waals surface area contributed by atoms with Gasteiger partial charge in [0.1, 0.15) is 0 Å². The van der Waals surface area contributed by atoms with E-state index >= 15 is 0 Å². The molecule has 0 radical (unpaired) electrons. The van der Waals surface area contributed by atoms with E-state index in [0.717, 1.165) is 22.0 Å². The first-order valence-corrected chi connectivity index (χ1v) is 6.44. The zero-order valence-corrected chi connectivity index (χ0v) is 12.0. The normalized spacial score (nSPS) is 9.95. The maximum atomic E-state index is 11.1. The minimum Gasteiger partial charge on any atom is -0.453 e. The third kappa shape index (κ3) is 3.65. The number of anilines is 3. The van der Waals surface area contributed by atoms with E-state index < -0.39 is 6.09 Å². The summed E-state index contributed by atoms with van der Waals surface area (Å²) in [4.78, 5) is 11.1. The number of halogens is 1. The molecule has 0 heterocycles. The molecule has 1 amide bonds. The molecule has 0 fully saturated rings. The molecule has 0 aromatic heterocycles. The van der Waals surface area contributed by atoms with Crippen molar-refractivity contribution in [1.29, 1.82) is 0 Å². The molecule has 5 heteroatoms. The smallest absolute Gasteiger partial charge is 0.411 e. The van der Waals surface area contributed by atoms with Crippen molar-refractivity contribution in [2.45, 2.75) is 6.92 Å². The predicted molar refractivity (Wildman–Crippen MR) is 81.9 cm³/mol. The van der Waals surface area contributed by atoms with Crippen LogP contribution < -0.4 is 10.6 Å². The average molecular weight is 291 g/mol. The van der Waals surface area contributed by atoms with E-state index in [1.54, 1.807) is 12.1 Å². The molecule has 104 valence electrons. The van der Waals surface area contributed by atoms with Gasteiger partial charge in [-0.15, -0.1) is 0 Å². The fraction of sp³-hybridized carbons (Fsp3) is 0.133. The van der Waals surface area contributed by atoms with E-state index in [2.05, 4.69) is 15.4 Å². The van der Waals surface area contributed by atoms with Crippen LogP contribution in [0.3, 0.4) is 0 Å². The topological polar surface area (TPSA) is 50.4 Å². The standard InChI is InChI=1S/C15H15ClN2O2/c1-10-3-4-13(9-14(10)16)17-11-5-7-12(8-6-11)18-15(19)20-2/h3-9,17H,1-2H3,(H,18,19). The van der Waals surface area contributed by atoms with E-state index in [9.17, 15) is 4.79 Å². The van der Waals surface area contributed by atoms with Gasteiger partial charge in [-0.05, 0) is 48.9 Å². The van der Waals surface area contributed by atoms with Gasteiger partial charge in [-0.25, -0.2) is 4.79 Å². The number of rotatable bonds is 3. The Labute approximate surface area is 122 Å². The molecule has 4 nitrogen and oxygen atoms in total. The predicted octanol–water partition coefficient (Wildman–Crippen LogP) is 4.57. The Kier molecular flexibility index (Phi) is 4.48. The highest BCUT2D eigenvalue weighted by atomic mass is 35.5. The molecule has 0 unspecified atom stereocenters. The van der Waals surface area contributed by atoms with Crippen molar-refractivity contribution >= 4 is 34.8 Å². The largest absolute Gasteiger partial charge is 0.453 e. The van der Waals surface area contributed by atoms with Crippen molar-refractivity contribution in [1.82, 2.24) is 0 Å². The zero-order valence-electron chi connectivity index (χ0n) is 11.2. The first-order valence-electron chi connectivity index (χ1n) is 6.06. The maximum Gasteiger partial charge on any atom is 0.411 e. The summed E-state index contributed by atoms with van der Waals surface area (Å²) < 4.78 is 4.52. The summed E-state index contributed by atoms with van der Waals surface area (Å²) in [6.07, 6.45) is -0.490. The van der Waals surface area contributed by atoms with Crippen LogP contribution in [0.2, 0.25) is 5.02 Å². The second-order valence-corrected chi connectivity index (χ2v) is 4.69. The number of ether oxygens (including phenoxy) is 1. The second-order valence-electron chi connectivity index (χ2n) is 4.28. The van der Waals surface area contributed by atoms with Gasteiger partial charge >= 0.3 is 6.09 Å². The zero-order chi connectivity index (χ0) is 14.5. The number of aryl methyl sites for hydroxylation is 1. The van der Waals surface area contributed by atoms with Gasteiger partial charge in [-0.3, -0.25) is 5.32 Å². The molecule has 0 saturated carbocycles. The summed E-state index contributed by atoms with van der Waals surface area (Å²) in [5, 5.41) is 6.55. The summed E-state index contributed by atoms with van der Waals surface area (Å²) >= 11 is 6.08. The highest BCUT2D eigenvalue weighted by Crippen LogP contribution is 2.24. The van der Waals surface area contributed by atoms with Gasteiger partial charge in [-0.1, -0.05) is 17.7 Å². The van der Waals surface area contributed by atoms with Crippen molar-refractivity contribution in [3.63, 3.8) is 0 Å². The fourth-order valence-electron chi connectivity index (χ4n) is 1.64. The van der Waals surface area contributed by atoms with E-state index in [0.29, 0.717) is 5.69 Å². The number of hydrogen-bond acceptors (Lipinski definition) is 3. The highest BCUT2D eigenvalue weighted by molar-refractivity contribution is 6.31. The summed E-state index contributed by atoms with van der Waals surface area (Å²) in [6, 6.07) is 13.1. The fourth-order valence-corrected chi connectivity index (χ4v) is 1.82. The Balaban J connectivity index is 2.06. The molecular formula is C15H15ClN2O2. The number of carbonyl (C=O) groups excluding carboxylic acids is 1. The van der Waals surface area contributed by atoms with E-state index in [4.69, 9.17) is 11.6 Å². The lowest BCUT2D eigenvalue weighted by Crippen LogP contribution is -2.10. The number of hydrogen-bond donors (Lipinski definition) is 2. The van der Waals surface area contributed by atoms with E-state index in [-0.39, 0.29) is 0 Å². The minimum atomic E-state index is -0.490. The second kappa shape index (κ2) is 6.30. The number of amides is 1. The molecule has 0 aliphatic rings. The molecule has 2 aromatic rings. The highest BCUT2D eigenvalue weighted by Gasteiger charge is 2.01. The molecule has 0 aliphatic carbocycles. The summed E-state index contributed by atoms with van der Waals surface area (Å²) in [5.74, 6) is 0. The van der Waals surface area contributed by atoms with Gasteiger partial charge in [0.15, 0.2) is 0 Å². The maximum absolute atomic E-state index is 11.1. The van der Waals surface area contributed by atoms with Crippen molar-refractivity contribution in [3.05, 3.63) is 53.1 Å². The molecule has 0 saturated heterocycles. The molecule has 0 atom stereocenters. The number of methoxy groups -OCH3 is 1. The van der Waals surface area contributed by atoms with Crippen molar-refractivity contribution in [3.8, 4) is 0 Å². The van der Waals surface area contributed by atoms with Crippen LogP contribution in [0.25, 0.3) is 0 Å². The molecular weight excluding hydrogens is 276 g/mol. The third-order valence-corrected chi connectivity index (χ3v) is 3.18.